The number of anilines is 1. The molecule has 0 aliphatic carbocycles. The standard InChI is InChI=1S/C26H21ClFNO6/c1-33-19-10-5-4-9-16(19)23-22(24(30)17-12-21(35-3)18(27)13-20(17)34-2)25(31)26(32)29(23)15-8-6-7-14(28)11-15/h4-13,23,30H,1-3H3/b24-22+. The summed E-state index contributed by atoms with van der Waals surface area (Å²) in [7, 11) is 4.22. The van der Waals surface area contributed by atoms with Crippen molar-refractivity contribution in [1.82, 2.24) is 0 Å². The van der Waals surface area contributed by atoms with Crippen molar-refractivity contribution in [2.24, 2.45) is 0 Å². The summed E-state index contributed by atoms with van der Waals surface area (Å²) in [6, 6.07) is 13.8. The van der Waals surface area contributed by atoms with Crippen LogP contribution in [0.3, 0.4) is 0 Å². The monoisotopic (exact) mass is 497 g/mol. The second-order valence-corrected chi connectivity index (χ2v) is 7.99. The SMILES string of the molecule is COc1cc(/C(O)=C2\C(=O)C(=O)N(c3cccc(F)c3)C2c2ccccc2OC)c(OC)cc1Cl. The molecule has 1 N–H and O–H groups in total. The van der Waals surface area contributed by atoms with Crippen molar-refractivity contribution in [3.8, 4) is 17.2 Å². The summed E-state index contributed by atoms with van der Waals surface area (Å²) in [6.07, 6.45) is 0. The number of Topliss-reactive ketones (excluding diaryl/α,β-unsaturated/α-hetero) is 1. The Hall–Kier alpha value is -4.04. The van der Waals surface area contributed by atoms with Gasteiger partial charge in [-0.25, -0.2) is 4.39 Å². The van der Waals surface area contributed by atoms with Crippen molar-refractivity contribution in [2.75, 3.05) is 26.2 Å². The minimum atomic E-state index is -1.13. The number of amides is 1. The maximum absolute atomic E-state index is 14.1. The smallest absolute Gasteiger partial charge is 0.300 e. The number of nitrogens with zero attached hydrogens (tertiary/aromatic N) is 1. The number of aliphatic hydroxyl groups is 1. The highest BCUT2D eigenvalue weighted by Gasteiger charge is 2.48. The Morgan fingerprint density at radius 1 is 0.914 bits per heavy atom. The first-order chi connectivity index (χ1) is 16.8. The molecule has 0 aromatic heterocycles. The van der Waals surface area contributed by atoms with Crippen molar-refractivity contribution in [1.29, 1.82) is 0 Å². The van der Waals surface area contributed by atoms with Gasteiger partial charge in [0.2, 0.25) is 0 Å². The van der Waals surface area contributed by atoms with Gasteiger partial charge in [-0.15, -0.1) is 0 Å². The molecular weight excluding hydrogens is 477 g/mol. The van der Waals surface area contributed by atoms with E-state index < -0.39 is 29.3 Å². The number of ether oxygens (including phenoxy) is 3. The molecule has 3 aromatic rings. The number of halogens is 2. The maximum atomic E-state index is 14.1. The molecule has 4 rings (SSSR count). The summed E-state index contributed by atoms with van der Waals surface area (Å²) in [6.45, 7) is 0. The molecule has 180 valence electrons. The van der Waals surface area contributed by atoms with Gasteiger partial charge in [0.15, 0.2) is 0 Å². The van der Waals surface area contributed by atoms with E-state index in [9.17, 15) is 19.1 Å². The summed E-state index contributed by atoms with van der Waals surface area (Å²) in [5.74, 6) is -2.25. The van der Waals surface area contributed by atoms with Crippen LogP contribution in [0.5, 0.6) is 17.2 Å². The van der Waals surface area contributed by atoms with Crippen LogP contribution in [0.15, 0.2) is 66.2 Å². The van der Waals surface area contributed by atoms with Crippen LogP contribution in [-0.2, 0) is 9.59 Å². The average molecular weight is 498 g/mol. The van der Waals surface area contributed by atoms with Crippen LogP contribution in [0.4, 0.5) is 10.1 Å². The normalized spacial score (nSPS) is 16.9. The van der Waals surface area contributed by atoms with Gasteiger partial charge < -0.3 is 19.3 Å². The van der Waals surface area contributed by atoms with Crippen LogP contribution in [0.2, 0.25) is 5.02 Å². The molecular formula is C26H21ClFNO6. The molecule has 1 aliphatic rings. The Bertz CT molecular complexity index is 1360. The van der Waals surface area contributed by atoms with E-state index >= 15 is 0 Å². The van der Waals surface area contributed by atoms with Gasteiger partial charge >= 0.3 is 0 Å². The molecule has 0 bridgehead atoms. The largest absolute Gasteiger partial charge is 0.507 e. The van der Waals surface area contributed by atoms with E-state index in [1.54, 1.807) is 24.3 Å². The highest BCUT2D eigenvalue weighted by atomic mass is 35.5. The van der Waals surface area contributed by atoms with Crippen LogP contribution in [0.1, 0.15) is 17.2 Å². The molecule has 1 amide bonds. The number of hydrogen-bond acceptors (Lipinski definition) is 6. The van der Waals surface area contributed by atoms with Crippen LogP contribution in [0, 0.1) is 5.82 Å². The number of para-hydroxylation sites is 1. The third-order valence-corrected chi connectivity index (χ3v) is 5.99. The number of benzene rings is 3. The fourth-order valence-corrected chi connectivity index (χ4v) is 4.33. The first kappa shape index (κ1) is 24.1. The summed E-state index contributed by atoms with van der Waals surface area (Å²) in [5.41, 5.74) is 0.417. The number of methoxy groups -OCH3 is 3. The summed E-state index contributed by atoms with van der Waals surface area (Å²) < 4.78 is 30.2. The summed E-state index contributed by atoms with van der Waals surface area (Å²) in [5, 5.41) is 11.7. The quantitative estimate of drug-likeness (QED) is 0.289. The lowest BCUT2D eigenvalue weighted by Crippen LogP contribution is -2.29. The number of aliphatic hydroxyl groups excluding tert-OH is 1. The second kappa shape index (κ2) is 9.68. The first-order valence-corrected chi connectivity index (χ1v) is 10.8. The molecule has 0 radical (unpaired) electrons. The van der Waals surface area contributed by atoms with Crippen molar-refractivity contribution in [2.45, 2.75) is 6.04 Å². The first-order valence-electron chi connectivity index (χ1n) is 10.4. The predicted octanol–water partition coefficient (Wildman–Crippen LogP) is 5.13. The third kappa shape index (κ3) is 4.17. The van der Waals surface area contributed by atoms with Gasteiger partial charge in [0.25, 0.3) is 11.7 Å². The van der Waals surface area contributed by atoms with Crippen molar-refractivity contribution >= 4 is 34.7 Å². The van der Waals surface area contributed by atoms with Gasteiger partial charge in [0.1, 0.15) is 28.8 Å². The highest BCUT2D eigenvalue weighted by molar-refractivity contribution is 6.51. The van der Waals surface area contributed by atoms with Gasteiger partial charge in [-0.05, 0) is 30.3 Å². The molecule has 1 heterocycles. The fourth-order valence-electron chi connectivity index (χ4n) is 4.10. The fraction of sp³-hybridized carbons (Fsp3) is 0.154. The minimum Gasteiger partial charge on any atom is -0.507 e. The van der Waals surface area contributed by atoms with Crippen LogP contribution >= 0.6 is 11.6 Å². The predicted molar refractivity (Wildman–Crippen MR) is 129 cm³/mol. The van der Waals surface area contributed by atoms with E-state index in [0.717, 1.165) is 11.0 Å². The zero-order valence-corrected chi connectivity index (χ0v) is 19.8. The Morgan fingerprint density at radius 2 is 1.60 bits per heavy atom. The molecule has 0 spiro atoms. The van der Waals surface area contributed by atoms with Gasteiger partial charge in [-0.1, -0.05) is 35.9 Å². The Labute approximate surface area is 205 Å². The molecule has 35 heavy (non-hydrogen) atoms. The Morgan fingerprint density at radius 3 is 2.26 bits per heavy atom. The maximum Gasteiger partial charge on any atom is 0.300 e. The minimum absolute atomic E-state index is 0.0888. The molecule has 3 aromatic carbocycles. The lowest BCUT2D eigenvalue weighted by Gasteiger charge is -2.26. The molecule has 1 atom stereocenters. The van der Waals surface area contributed by atoms with Gasteiger partial charge in [-0.2, -0.15) is 0 Å². The molecule has 7 nitrogen and oxygen atoms in total. The molecule has 9 heteroatoms. The molecule has 0 saturated carbocycles. The lowest BCUT2D eigenvalue weighted by atomic mass is 9.94. The summed E-state index contributed by atoms with van der Waals surface area (Å²) >= 11 is 6.19. The molecule has 1 fully saturated rings. The Kier molecular flexibility index (Phi) is 6.66. The Balaban J connectivity index is 2.04. The number of carbonyl (C=O) groups excluding carboxylic acids is 2. The van der Waals surface area contributed by atoms with Crippen LogP contribution in [-0.4, -0.2) is 38.1 Å². The van der Waals surface area contributed by atoms with E-state index in [1.165, 1.54) is 51.7 Å². The zero-order chi connectivity index (χ0) is 25.3. The van der Waals surface area contributed by atoms with E-state index in [2.05, 4.69) is 0 Å². The molecule has 1 aliphatic heterocycles. The lowest BCUT2D eigenvalue weighted by molar-refractivity contribution is -0.132. The van der Waals surface area contributed by atoms with Gasteiger partial charge in [0.05, 0.1) is 43.5 Å². The van der Waals surface area contributed by atoms with Crippen LogP contribution < -0.4 is 19.1 Å². The van der Waals surface area contributed by atoms with Gasteiger partial charge in [-0.3, -0.25) is 14.5 Å². The average Bonchev–Trinajstić information content (AvgIpc) is 3.13. The summed E-state index contributed by atoms with van der Waals surface area (Å²) in [4.78, 5) is 27.8. The van der Waals surface area contributed by atoms with Gasteiger partial charge in [0, 0.05) is 17.3 Å². The number of rotatable bonds is 6. The molecule has 1 unspecified atom stereocenters. The topological polar surface area (TPSA) is 85.3 Å². The van der Waals surface area contributed by atoms with E-state index in [1.807, 2.05) is 0 Å². The van der Waals surface area contributed by atoms with Crippen LogP contribution in [0.25, 0.3) is 5.76 Å². The number of ketones is 1. The van der Waals surface area contributed by atoms with Crippen molar-refractivity contribution < 1.29 is 33.3 Å². The van der Waals surface area contributed by atoms with E-state index in [4.69, 9.17) is 25.8 Å². The highest BCUT2D eigenvalue weighted by Crippen LogP contribution is 2.46. The number of hydrogen-bond donors (Lipinski definition) is 1. The van der Waals surface area contributed by atoms with Crippen molar-refractivity contribution in [3.63, 3.8) is 0 Å². The molecule has 1 saturated heterocycles. The van der Waals surface area contributed by atoms with Crippen molar-refractivity contribution in [3.05, 3.63) is 88.2 Å². The zero-order valence-electron chi connectivity index (χ0n) is 19.0. The second-order valence-electron chi connectivity index (χ2n) is 7.58. The third-order valence-electron chi connectivity index (χ3n) is 5.69. The number of carbonyl (C=O) groups is 2. The van der Waals surface area contributed by atoms with E-state index in [-0.39, 0.29) is 33.3 Å². The van der Waals surface area contributed by atoms with E-state index in [0.29, 0.717) is 11.3 Å².